The predicted molar refractivity (Wildman–Crippen MR) is 84.5 cm³/mol. The van der Waals surface area contributed by atoms with Crippen molar-refractivity contribution in [2.45, 2.75) is 20.8 Å². The van der Waals surface area contributed by atoms with Crippen LogP contribution in [-0.4, -0.2) is 11.8 Å². The lowest BCUT2D eigenvalue weighted by Gasteiger charge is -2.09. The third kappa shape index (κ3) is 3.36. The van der Waals surface area contributed by atoms with Gasteiger partial charge in [-0.1, -0.05) is 0 Å². The van der Waals surface area contributed by atoms with Crippen LogP contribution in [0, 0.1) is 19.7 Å². The van der Waals surface area contributed by atoms with Crippen LogP contribution in [0.25, 0.3) is 0 Å². The number of nitrogens with one attached hydrogen (secondary N) is 2. The molecular formula is C15H14BrFN2O3. The van der Waals surface area contributed by atoms with E-state index in [-0.39, 0.29) is 11.6 Å². The van der Waals surface area contributed by atoms with Gasteiger partial charge in [-0.2, -0.15) is 0 Å². The summed E-state index contributed by atoms with van der Waals surface area (Å²) in [5, 5.41) is 5.01. The molecule has 0 unspecified atom stereocenters. The number of hydrogen-bond donors (Lipinski definition) is 2. The van der Waals surface area contributed by atoms with Gasteiger partial charge in [0.1, 0.15) is 17.3 Å². The average Bonchev–Trinajstić information content (AvgIpc) is 2.66. The van der Waals surface area contributed by atoms with Gasteiger partial charge in [0, 0.05) is 12.6 Å². The Morgan fingerprint density at radius 1 is 1.18 bits per heavy atom. The highest BCUT2D eigenvalue weighted by Gasteiger charge is 2.21. The normalized spacial score (nSPS) is 10.4. The van der Waals surface area contributed by atoms with Gasteiger partial charge < -0.3 is 15.1 Å². The molecule has 0 aliphatic carbocycles. The first kappa shape index (κ1) is 16.2. The van der Waals surface area contributed by atoms with E-state index in [9.17, 15) is 14.0 Å². The molecule has 116 valence electrons. The molecule has 0 fully saturated rings. The summed E-state index contributed by atoms with van der Waals surface area (Å²) in [6.45, 7) is 4.71. The van der Waals surface area contributed by atoms with Crippen molar-refractivity contribution >= 4 is 39.1 Å². The summed E-state index contributed by atoms with van der Waals surface area (Å²) >= 11 is 3.28. The summed E-state index contributed by atoms with van der Waals surface area (Å²) in [6, 6.07) is 3.93. The lowest BCUT2D eigenvalue weighted by Crippen LogP contribution is -2.14. The minimum absolute atomic E-state index is 0.0265. The second kappa shape index (κ2) is 6.31. The maximum absolute atomic E-state index is 13.8. The van der Waals surface area contributed by atoms with E-state index >= 15 is 0 Å². The van der Waals surface area contributed by atoms with Crippen LogP contribution < -0.4 is 10.6 Å². The van der Waals surface area contributed by atoms with Crippen LogP contribution in [0.1, 0.15) is 28.8 Å². The molecule has 1 aromatic carbocycles. The fourth-order valence-electron chi connectivity index (χ4n) is 2.00. The molecule has 0 atom stereocenters. The monoisotopic (exact) mass is 368 g/mol. The molecule has 22 heavy (non-hydrogen) atoms. The molecule has 5 nitrogen and oxygen atoms in total. The number of anilines is 2. The van der Waals surface area contributed by atoms with Crippen molar-refractivity contribution in [1.82, 2.24) is 0 Å². The average molecular weight is 369 g/mol. The minimum atomic E-state index is -0.601. The zero-order chi connectivity index (χ0) is 16.4. The molecule has 2 N–H and O–H groups in total. The molecule has 1 aromatic heterocycles. The van der Waals surface area contributed by atoms with Gasteiger partial charge in [0.2, 0.25) is 5.91 Å². The van der Waals surface area contributed by atoms with Crippen LogP contribution in [0.15, 0.2) is 27.1 Å². The second-order valence-corrected chi connectivity index (χ2v) is 5.53. The van der Waals surface area contributed by atoms with Crippen LogP contribution in [0.3, 0.4) is 0 Å². The van der Waals surface area contributed by atoms with Gasteiger partial charge in [-0.25, -0.2) is 4.39 Å². The van der Waals surface area contributed by atoms with Crippen molar-refractivity contribution < 1.29 is 18.4 Å². The molecule has 0 spiro atoms. The highest BCUT2D eigenvalue weighted by molar-refractivity contribution is 9.10. The Morgan fingerprint density at radius 3 is 2.41 bits per heavy atom. The fourth-order valence-corrected chi connectivity index (χ4v) is 2.54. The molecule has 7 heteroatoms. The third-order valence-electron chi connectivity index (χ3n) is 2.95. The van der Waals surface area contributed by atoms with Crippen molar-refractivity contribution in [3.05, 3.63) is 45.6 Å². The first-order valence-electron chi connectivity index (χ1n) is 6.43. The third-order valence-corrected chi connectivity index (χ3v) is 3.90. The van der Waals surface area contributed by atoms with Gasteiger partial charge in [-0.15, -0.1) is 0 Å². The highest BCUT2D eigenvalue weighted by atomic mass is 79.9. The SMILES string of the molecule is CC(=O)Nc1ccc(F)c(NC(=O)c2c(C)oc(C)c2Br)c1. The summed E-state index contributed by atoms with van der Waals surface area (Å²) in [6.07, 6.45) is 0. The maximum Gasteiger partial charge on any atom is 0.260 e. The number of carbonyl (C=O) groups excluding carboxylic acids is 2. The Hall–Kier alpha value is -2.15. The number of halogens is 2. The van der Waals surface area contributed by atoms with Gasteiger partial charge >= 0.3 is 0 Å². The molecule has 1 heterocycles. The van der Waals surface area contributed by atoms with Gasteiger partial charge in [-0.05, 0) is 48.0 Å². The molecule has 0 radical (unpaired) electrons. The molecule has 0 aliphatic rings. The Kier molecular flexibility index (Phi) is 4.65. The fraction of sp³-hybridized carbons (Fsp3) is 0.200. The summed E-state index contributed by atoms with van der Waals surface area (Å²) in [5.41, 5.74) is 0.673. The van der Waals surface area contributed by atoms with E-state index in [2.05, 4.69) is 26.6 Å². The zero-order valence-electron chi connectivity index (χ0n) is 12.2. The Balaban J connectivity index is 2.30. The van der Waals surface area contributed by atoms with E-state index in [0.29, 0.717) is 27.2 Å². The van der Waals surface area contributed by atoms with E-state index in [1.807, 2.05) is 0 Å². The van der Waals surface area contributed by atoms with Crippen LogP contribution in [0.2, 0.25) is 0 Å². The van der Waals surface area contributed by atoms with Gasteiger partial charge in [0.05, 0.1) is 15.7 Å². The maximum atomic E-state index is 13.8. The Bertz CT molecular complexity index is 755. The smallest absolute Gasteiger partial charge is 0.260 e. The first-order valence-corrected chi connectivity index (χ1v) is 7.23. The van der Waals surface area contributed by atoms with E-state index in [4.69, 9.17) is 4.42 Å². The van der Waals surface area contributed by atoms with Crippen LogP contribution in [-0.2, 0) is 4.79 Å². The van der Waals surface area contributed by atoms with Crippen molar-refractivity contribution in [2.75, 3.05) is 10.6 Å². The number of rotatable bonds is 3. The van der Waals surface area contributed by atoms with Gasteiger partial charge in [-0.3, -0.25) is 9.59 Å². The standard InChI is InChI=1S/C15H14BrFN2O3/c1-7-13(14(16)8(2)22-7)15(21)19-12-6-10(18-9(3)20)4-5-11(12)17/h4-6H,1-3H3,(H,18,20)(H,19,21). The number of benzene rings is 1. The lowest BCUT2D eigenvalue weighted by atomic mass is 10.2. The Morgan fingerprint density at radius 2 is 1.86 bits per heavy atom. The predicted octanol–water partition coefficient (Wildman–Crippen LogP) is 4.01. The molecular weight excluding hydrogens is 355 g/mol. The van der Waals surface area contributed by atoms with Crippen molar-refractivity contribution in [1.29, 1.82) is 0 Å². The molecule has 0 bridgehead atoms. The number of amides is 2. The number of carbonyl (C=O) groups is 2. The molecule has 2 rings (SSSR count). The topological polar surface area (TPSA) is 71.3 Å². The summed E-state index contributed by atoms with van der Waals surface area (Å²) < 4.78 is 19.7. The number of hydrogen-bond acceptors (Lipinski definition) is 3. The highest BCUT2D eigenvalue weighted by Crippen LogP contribution is 2.29. The molecule has 2 amide bonds. The molecule has 0 aliphatic heterocycles. The molecule has 0 saturated heterocycles. The second-order valence-electron chi connectivity index (χ2n) is 4.73. The quantitative estimate of drug-likeness (QED) is 0.859. The van der Waals surface area contributed by atoms with Crippen molar-refractivity contribution in [2.24, 2.45) is 0 Å². The zero-order valence-corrected chi connectivity index (χ0v) is 13.8. The van der Waals surface area contributed by atoms with Crippen molar-refractivity contribution in [3.63, 3.8) is 0 Å². The lowest BCUT2D eigenvalue weighted by molar-refractivity contribution is -0.114. The van der Waals surface area contributed by atoms with E-state index in [0.717, 1.165) is 0 Å². The van der Waals surface area contributed by atoms with Crippen LogP contribution in [0.4, 0.5) is 15.8 Å². The molecule has 0 saturated carbocycles. The van der Waals surface area contributed by atoms with Gasteiger partial charge in [0.15, 0.2) is 0 Å². The van der Waals surface area contributed by atoms with Crippen LogP contribution >= 0.6 is 15.9 Å². The summed E-state index contributed by atoms with van der Waals surface area (Å²) in [5.74, 6) is -0.389. The van der Waals surface area contributed by atoms with E-state index in [1.54, 1.807) is 13.8 Å². The number of aryl methyl sites for hydroxylation is 2. The Labute approximate surface area is 135 Å². The summed E-state index contributed by atoms with van der Waals surface area (Å²) in [4.78, 5) is 23.3. The van der Waals surface area contributed by atoms with Gasteiger partial charge in [0.25, 0.3) is 5.91 Å². The van der Waals surface area contributed by atoms with E-state index < -0.39 is 11.7 Å². The first-order chi connectivity index (χ1) is 10.3. The van der Waals surface area contributed by atoms with Crippen LogP contribution in [0.5, 0.6) is 0 Å². The largest absolute Gasteiger partial charge is 0.465 e. The van der Waals surface area contributed by atoms with E-state index in [1.165, 1.54) is 25.1 Å². The number of furan rings is 1. The van der Waals surface area contributed by atoms with Crippen molar-refractivity contribution in [3.8, 4) is 0 Å². The minimum Gasteiger partial charge on any atom is -0.465 e. The summed E-state index contributed by atoms with van der Waals surface area (Å²) in [7, 11) is 0. The molecule has 2 aromatic rings.